The Hall–Kier alpha value is -1.46. The predicted octanol–water partition coefficient (Wildman–Crippen LogP) is 2.41. The standard InChI is InChI=1S/C14H20N2O2S/c1-10(2)19-9-14(3,18)12(16-13(15)17)11-7-5-4-6-8-11/h4-8,12,18H,1,9H2,2-3H3,(H3,15,16,17)/t12-,14?/m0/s1. The first kappa shape index (κ1) is 15.6. The molecule has 2 amide bonds. The summed E-state index contributed by atoms with van der Waals surface area (Å²) in [7, 11) is 0. The summed E-state index contributed by atoms with van der Waals surface area (Å²) in [5.74, 6) is 0.419. The van der Waals surface area contributed by atoms with Crippen LogP contribution in [0.2, 0.25) is 0 Å². The second-order valence-corrected chi connectivity index (χ2v) is 5.97. The fraction of sp³-hybridized carbons (Fsp3) is 0.357. The molecule has 0 aliphatic carbocycles. The summed E-state index contributed by atoms with van der Waals surface area (Å²) in [6, 6.07) is 8.07. The summed E-state index contributed by atoms with van der Waals surface area (Å²) in [4.78, 5) is 12.1. The summed E-state index contributed by atoms with van der Waals surface area (Å²) in [5, 5.41) is 13.2. The lowest BCUT2D eigenvalue weighted by Crippen LogP contribution is -2.47. The molecule has 4 nitrogen and oxygen atoms in total. The van der Waals surface area contributed by atoms with Gasteiger partial charge in [0.25, 0.3) is 0 Å². The van der Waals surface area contributed by atoms with Gasteiger partial charge < -0.3 is 16.2 Å². The van der Waals surface area contributed by atoms with E-state index >= 15 is 0 Å². The van der Waals surface area contributed by atoms with Crippen molar-refractivity contribution in [2.24, 2.45) is 5.73 Å². The van der Waals surface area contributed by atoms with E-state index in [0.717, 1.165) is 10.5 Å². The SMILES string of the molecule is C=C(C)SCC(C)(O)[C@@H](NC(N)=O)c1ccccc1. The maximum absolute atomic E-state index is 11.1. The number of thioether (sulfide) groups is 1. The Morgan fingerprint density at radius 3 is 2.58 bits per heavy atom. The molecule has 1 aromatic carbocycles. The van der Waals surface area contributed by atoms with Crippen molar-refractivity contribution in [1.29, 1.82) is 0 Å². The number of aliphatic hydroxyl groups is 1. The van der Waals surface area contributed by atoms with E-state index in [1.165, 1.54) is 11.8 Å². The first-order chi connectivity index (χ1) is 8.83. The van der Waals surface area contributed by atoms with E-state index < -0.39 is 17.7 Å². The number of nitrogens with one attached hydrogen (secondary N) is 1. The van der Waals surface area contributed by atoms with Crippen molar-refractivity contribution >= 4 is 17.8 Å². The molecule has 5 heteroatoms. The van der Waals surface area contributed by atoms with Crippen molar-refractivity contribution in [1.82, 2.24) is 5.32 Å². The molecular formula is C14H20N2O2S. The van der Waals surface area contributed by atoms with Crippen LogP contribution in [0, 0.1) is 0 Å². The van der Waals surface area contributed by atoms with Gasteiger partial charge in [-0.25, -0.2) is 4.79 Å². The number of carbonyl (C=O) groups is 1. The summed E-state index contributed by atoms with van der Waals surface area (Å²) in [5.41, 5.74) is 4.89. The zero-order valence-electron chi connectivity index (χ0n) is 11.2. The maximum Gasteiger partial charge on any atom is 0.312 e. The van der Waals surface area contributed by atoms with Crippen molar-refractivity contribution in [2.45, 2.75) is 25.5 Å². The topological polar surface area (TPSA) is 75.3 Å². The maximum atomic E-state index is 11.1. The first-order valence-corrected chi connectivity index (χ1v) is 6.93. The van der Waals surface area contributed by atoms with Crippen LogP contribution >= 0.6 is 11.8 Å². The highest BCUT2D eigenvalue weighted by Crippen LogP contribution is 2.30. The van der Waals surface area contributed by atoms with Gasteiger partial charge in [-0.05, 0) is 24.3 Å². The van der Waals surface area contributed by atoms with Crippen LogP contribution < -0.4 is 11.1 Å². The van der Waals surface area contributed by atoms with Gasteiger partial charge in [0, 0.05) is 5.75 Å². The smallest absolute Gasteiger partial charge is 0.312 e. The number of rotatable bonds is 6. The number of primary amides is 1. The van der Waals surface area contributed by atoms with Crippen molar-refractivity contribution < 1.29 is 9.90 Å². The molecule has 0 aromatic heterocycles. The quantitative estimate of drug-likeness (QED) is 0.749. The van der Waals surface area contributed by atoms with Gasteiger partial charge in [0.2, 0.25) is 0 Å². The van der Waals surface area contributed by atoms with Crippen LogP contribution in [0.15, 0.2) is 41.8 Å². The van der Waals surface area contributed by atoms with Gasteiger partial charge in [0.1, 0.15) is 0 Å². The molecule has 0 spiro atoms. The highest BCUT2D eigenvalue weighted by atomic mass is 32.2. The minimum Gasteiger partial charge on any atom is -0.387 e. The fourth-order valence-corrected chi connectivity index (χ4v) is 2.44. The molecule has 104 valence electrons. The zero-order chi connectivity index (χ0) is 14.5. The molecule has 19 heavy (non-hydrogen) atoms. The van der Waals surface area contributed by atoms with E-state index in [-0.39, 0.29) is 0 Å². The molecule has 0 bridgehead atoms. The van der Waals surface area contributed by atoms with Gasteiger partial charge in [-0.3, -0.25) is 0 Å². The van der Waals surface area contributed by atoms with E-state index in [4.69, 9.17) is 5.73 Å². The average molecular weight is 280 g/mol. The third-order valence-electron chi connectivity index (χ3n) is 2.65. The van der Waals surface area contributed by atoms with Crippen LogP contribution in [-0.4, -0.2) is 22.5 Å². The van der Waals surface area contributed by atoms with Gasteiger partial charge >= 0.3 is 6.03 Å². The Kier molecular flexibility index (Phi) is 5.44. The van der Waals surface area contributed by atoms with Crippen LogP contribution in [0.25, 0.3) is 0 Å². The van der Waals surface area contributed by atoms with Crippen LogP contribution in [0.1, 0.15) is 25.5 Å². The summed E-state index contributed by atoms with van der Waals surface area (Å²) >= 11 is 1.45. The number of benzene rings is 1. The fourth-order valence-electron chi connectivity index (χ4n) is 1.74. The number of hydrogen-bond donors (Lipinski definition) is 3. The average Bonchev–Trinajstić information content (AvgIpc) is 2.34. The number of urea groups is 1. The highest BCUT2D eigenvalue weighted by Gasteiger charge is 2.34. The normalized spacial score (nSPS) is 15.3. The molecule has 0 saturated carbocycles. The van der Waals surface area contributed by atoms with Crippen LogP contribution in [0.4, 0.5) is 4.79 Å². The first-order valence-electron chi connectivity index (χ1n) is 5.94. The Morgan fingerprint density at radius 2 is 2.11 bits per heavy atom. The van der Waals surface area contributed by atoms with Crippen LogP contribution in [0.5, 0.6) is 0 Å². The number of amides is 2. The minimum atomic E-state index is -1.12. The monoisotopic (exact) mass is 280 g/mol. The van der Waals surface area contributed by atoms with Crippen LogP contribution in [0.3, 0.4) is 0 Å². The van der Waals surface area contributed by atoms with Gasteiger partial charge in [0.15, 0.2) is 0 Å². The molecule has 1 unspecified atom stereocenters. The molecule has 0 saturated heterocycles. The Morgan fingerprint density at radius 1 is 1.53 bits per heavy atom. The van der Waals surface area contributed by atoms with E-state index in [9.17, 15) is 9.90 Å². The van der Waals surface area contributed by atoms with Crippen molar-refractivity contribution in [2.75, 3.05) is 5.75 Å². The van der Waals surface area contributed by atoms with Gasteiger partial charge in [-0.1, -0.05) is 36.9 Å². The largest absolute Gasteiger partial charge is 0.387 e. The number of nitrogens with two attached hydrogens (primary N) is 1. The third kappa shape index (κ3) is 4.96. The highest BCUT2D eigenvalue weighted by molar-refractivity contribution is 8.03. The summed E-state index contributed by atoms with van der Waals surface area (Å²) < 4.78 is 0. The zero-order valence-corrected chi connectivity index (χ0v) is 12.0. The number of carbonyl (C=O) groups excluding carboxylic acids is 1. The Bertz CT molecular complexity index is 446. The number of hydrogen-bond acceptors (Lipinski definition) is 3. The van der Waals surface area contributed by atoms with E-state index in [1.54, 1.807) is 6.92 Å². The molecular weight excluding hydrogens is 260 g/mol. The lowest BCUT2D eigenvalue weighted by molar-refractivity contribution is 0.0462. The molecule has 0 aliphatic rings. The van der Waals surface area contributed by atoms with Crippen molar-refractivity contribution in [3.63, 3.8) is 0 Å². The molecule has 1 aromatic rings. The Labute approximate surface area is 118 Å². The van der Waals surface area contributed by atoms with Gasteiger partial charge in [-0.15, -0.1) is 11.8 Å². The van der Waals surface area contributed by atoms with Gasteiger partial charge in [0.05, 0.1) is 11.6 Å². The van der Waals surface area contributed by atoms with Crippen molar-refractivity contribution in [3.05, 3.63) is 47.4 Å². The number of allylic oxidation sites excluding steroid dienone is 1. The molecule has 0 radical (unpaired) electrons. The van der Waals surface area contributed by atoms with Crippen LogP contribution in [-0.2, 0) is 0 Å². The van der Waals surface area contributed by atoms with Gasteiger partial charge in [-0.2, -0.15) is 0 Å². The molecule has 0 heterocycles. The second kappa shape index (κ2) is 6.63. The molecule has 0 aliphatic heterocycles. The third-order valence-corrected chi connectivity index (χ3v) is 3.87. The molecule has 0 fully saturated rings. The van der Waals surface area contributed by atoms with E-state index in [1.807, 2.05) is 37.3 Å². The summed E-state index contributed by atoms with van der Waals surface area (Å²) in [6.45, 7) is 7.34. The molecule has 4 N–H and O–H groups in total. The minimum absolute atomic E-state index is 0.419. The van der Waals surface area contributed by atoms with Crippen molar-refractivity contribution in [3.8, 4) is 0 Å². The molecule has 1 rings (SSSR count). The second-order valence-electron chi connectivity index (χ2n) is 4.70. The Balaban J connectivity index is 2.96. The lowest BCUT2D eigenvalue weighted by atomic mass is 9.92. The lowest BCUT2D eigenvalue weighted by Gasteiger charge is -2.33. The molecule has 2 atom stereocenters. The summed E-state index contributed by atoms with van der Waals surface area (Å²) in [6.07, 6.45) is 0. The van der Waals surface area contributed by atoms with E-state index in [2.05, 4.69) is 11.9 Å². The van der Waals surface area contributed by atoms with E-state index in [0.29, 0.717) is 5.75 Å². The predicted molar refractivity (Wildman–Crippen MR) is 79.8 cm³/mol.